The molecule has 19 heavy (non-hydrogen) atoms. The molecule has 0 aromatic carbocycles. The molecule has 1 aliphatic heterocycles. The van der Waals surface area contributed by atoms with Crippen molar-refractivity contribution in [3.8, 4) is 0 Å². The minimum atomic E-state index is -0.124. The quantitative estimate of drug-likeness (QED) is 0.852. The lowest BCUT2D eigenvalue weighted by Gasteiger charge is -2.37. The van der Waals surface area contributed by atoms with Crippen molar-refractivity contribution in [1.29, 1.82) is 0 Å². The number of morpholine rings is 1. The van der Waals surface area contributed by atoms with E-state index in [2.05, 4.69) is 16.8 Å². The van der Waals surface area contributed by atoms with E-state index in [-0.39, 0.29) is 24.9 Å². The number of hydrogen-bond acceptors (Lipinski definition) is 5. The fourth-order valence-electron chi connectivity index (χ4n) is 2.37. The van der Waals surface area contributed by atoms with E-state index in [1.807, 2.05) is 25.3 Å². The van der Waals surface area contributed by atoms with E-state index in [4.69, 9.17) is 10.5 Å². The van der Waals surface area contributed by atoms with Crippen molar-refractivity contribution in [2.45, 2.75) is 38.5 Å². The highest BCUT2D eigenvalue weighted by atomic mass is 16.5. The second kappa shape index (κ2) is 6.32. The molecule has 5 heteroatoms. The van der Waals surface area contributed by atoms with Gasteiger partial charge in [0.1, 0.15) is 0 Å². The normalized spacial score (nSPS) is 25.4. The average Bonchev–Trinajstić information content (AvgIpc) is 2.46. The first-order valence-corrected chi connectivity index (χ1v) is 6.86. The first kappa shape index (κ1) is 14.2. The molecule has 1 aromatic heterocycles. The Hall–Kier alpha value is -1.17. The maximum absolute atomic E-state index is 9.24. The number of anilines is 1. The number of pyridine rings is 1. The molecule has 0 saturated carbocycles. The standard InChI is InChI=1S/C14H23N3O2/c1-3-13(15)14-5-4-11(6-16-14)17-7-10(2)19-12(8-17)9-18/h4-6,10,12-13,18H,3,7-9,15H2,1-2H3. The maximum atomic E-state index is 9.24. The topological polar surface area (TPSA) is 71.6 Å². The van der Waals surface area contributed by atoms with E-state index in [0.29, 0.717) is 6.54 Å². The summed E-state index contributed by atoms with van der Waals surface area (Å²) in [6.45, 7) is 5.63. The van der Waals surface area contributed by atoms with Gasteiger partial charge in [-0.2, -0.15) is 0 Å². The molecule has 0 aliphatic carbocycles. The molecule has 0 amide bonds. The summed E-state index contributed by atoms with van der Waals surface area (Å²) in [5, 5.41) is 9.24. The van der Waals surface area contributed by atoms with Crippen LogP contribution in [0.25, 0.3) is 0 Å². The Kier molecular flexibility index (Phi) is 4.74. The molecule has 1 fully saturated rings. The third-order valence-electron chi connectivity index (χ3n) is 3.49. The molecular formula is C14H23N3O2. The molecule has 3 unspecified atom stereocenters. The van der Waals surface area contributed by atoms with Crippen molar-refractivity contribution in [2.24, 2.45) is 5.73 Å². The third kappa shape index (κ3) is 3.43. The highest BCUT2D eigenvalue weighted by Crippen LogP contribution is 2.21. The van der Waals surface area contributed by atoms with Crippen molar-refractivity contribution in [1.82, 2.24) is 4.98 Å². The van der Waals surface area contributed by atoms with E-state index >= 15 is 0 Å². The summed E-state index contributed by atoms with van der Waals surface area (Å²) in [5.41, 5.74) is 7.94. The predicted octanol–water partition coefficient (Wildman–Crippen LogP) is 1.08. The Labute approximate surface area is 114 Å². The van der Waals surface area contributed by atoms with Crippen LogP contribution in [0.2, 0.25) is 0 Å². The summed E-state index contributed by atoms with van der Waals surface area (Å²) in [6, 6.07) is 4.03. The van der Waals surface area contributed by atoms with Gasteiger partial charge in [-0.05, 0) is 25.5 Å². The highest BCUT2D eigenvalue weighted by molar-refractivity contribution is 5.45. The molecule has 3 atom stereocenters. The summed E-state index contributed by atoms with van der Waals surface area (Å²) in [6.07, 6.45) is 2.73. The number of nitrogens with two attached hydrogens (primary N) is 1. The lowest BCUT2D eigenvalue weighted by atomic mass is 10.1. The summed E-state index contributed by atoms with van der Waals surface area (Å²) in [5.74, 6) is 0. The summed E-state index contributed by atoms with van der Waals surface area (Å²) >= 11 is 0. The highest BCUT2D eigenvalue weighted by Gasteiger charge is 2.25. The van der Waals surface area contributed by atoms with Crippen molar-refractivity contribution in [3.63, 3.8) is 0 Å². The van der Waals surface area contributed by atoms with Gasteiger partial charge in [-0.3, -0.25) is 4.98 Å². The molecule has 1 aliphatic rings. The zero-order valence-corrected chi connectivity index (χ0v) is 11.6. The molecule has 0 spiro atoms. The molecule has 106 valence electrons. The van der Waals surface area contributed by atoms with Gasteiger partial charge in [-0.25, -0.2) is 0 Å². The van der Waals surface area contributed by atoms with Crippen LogP contribution in [-0.2, 0) is 4.74 Å². The Bertz CT molecular complexity index is 396. The van der Waals surface area contributed by atoms with Crippen LogP contribution in [0.1, 0.15) is 32.0 Å². The number of aliphatic hydroxyl groups excluding tert-OH is 1. The Balaban J connectivity index is 2.08. The molecular weight excluding hydrogens is 242 g/mol. The molecule has 5 nitrogen and oxygen atoms in total. The van der Waals surface area contributed by atoms with Crippen LogP contribution in [0.15, 0.2) is 18.3 Å². The van der Waals surface area contributed by atoms with Gasteiger partial charge in [-0.15, -0.1) is 0 Å². The van der Waals surface area contributed by atoms with E-state index < -0.39 is 0 Å². The van der Waals surface area contributed by atoms with Gasteiger partial charge in [0.25, 0.3) is 0 Å². The van der Waals surface area contributed by atoms with E-state index in [1.165, 1.54) is 0 Å². The first-order chi connectivity index (χ1) is 9.13. The van der Waals surface area contributed by atoms with Gasteiger partial charge in [0, 0.05) is 19.1 Å². The summed E-state index contributed by atoms with van der Waals surface area (Å²) < 4.78 is 5.63. The minimum Gasteiger partial charge on any atom is -0.394 e. The Morgan fingerprint density at radius 1 is 1.53 bits per heavy atom. The lowest BCUT2D eigenvalue weighted by molar-refractivity contribution is -0.0421. The molecule has 2 rings (SSSR count). The fraction of sp³-hybridized carbons (Fsp3) is 0.643. The molecule has 0 bridgehead atoms. The molecule has 3 N–H and O–H groups in total. The SMILES string of the molecule is CCC(N)c1ccc(N2CC(C)OC(CO)C2)cn1. The van der Waals surface area contributed by atoms with Crippen LogP contribution in [0.5, 0.6) is 0 Å². The van der Waals surface area contributed by atoms with Gasteiger partial charge in [0.15, 0.2) is 0 Å². The van der Waals surface area contributed by atoms with Gasteiger partial charge in [0.2, 0.25) is 0 Å². The van der Waals surface area contributed by atoms with Crippen LogP contribution >= 0.6 is 0 Å². The van der Waals surface area contributed by atoms with Crippen LogP contribution in [-0.4, -0.2) is 42.0 Å². The minimum absolute atomic E-state index is 0.00264. The van der Waals surface area contributed by atoms with Crippen molar-refractivity contribution >= 4 is 5.69 Å². The summed E-state index contributed by atoms with van der Waals surface area (Å²) in [7, 11) is 0. The number of rotatable bonds is 4. The summed E-state index contributed by atoms with van der Waals surface area (Å²) in [4.78, 5) is 6.63. The molecule has 1 aromatic rings. The number of nitrogens with zero attached hydrogens (tertiary/aromatic N) is 2. The second-order valence-corrected chi connectivity index (χ2v) is 5.11. The predicted molar refractivity (Wildman–Crippen MR) is 75.1 cm³/mol. The maximum Gasteiger partial charge on any atom is 0.0984 e. The van der Waals surface area contributed by atoms with E-state index in [9.17, 15) is 5.11 Å². The van der Waals surface area contributed by atoms with Gasteiger partial charge < -0.3 is 20.5 Å². The van der Waals surface area contributed by atoms with E-state index in [0.717, 1.165) is 24.3 Å². The van der Waals surface area contributed by atoms with Gasteiger partial charge in [-0.1, -0.05) is 6.92 Å². The van der Waals surface area contributed by atoms with E-state index in [1.54, 1.807) is 0 Å². The second-order valence-electron chi connectivity index (χ2n) is 5.11. The van der Waals surface area contributed by atoms with Crippen LogP contribution in [0.4, 0.5) is 5.69 Å². The Morgan fingerprint density at radius 3 is 2.89 bits per heavy atom. The van der Waals surface area contributed by atoms with Crippen LogP contribution in [0, 0.1) is 0 Å². The third-order valence-corrected chi connectivity index (χ3v) is 3.49. The molecule has 2 heterocycles. The average molecular weight is 265 g/mol. The number of ether oxygens (including phenoxy) is 1. The van der Waals surface area contributed by atoms with Crippen molar-refractivity contribution in [3.05, 3.63) is 24.0 Å². The lowest BCUT2D eigenvalue weighted by Crippen LogP contribution is -2.48. The molecule has 1 saturated heterocycles. The van der Waals surface area contributed by atoms with Crippen molar-refractivity contribution < 1.29 is 9.84 Å². The fourth-order valence-corrected chi connectivity index (χ4v) is 2.37. The van der Waals surface area contributed by atoms with Crippen molar-refractivity contribution in [2.75, 3.05) is 24.6 Å². The zero-order valence-electron chi connectivity index (χ0n) is 11.6. The van der Waals surface area contributed by atoms with Gasteiger partial charge >= 0.3 is 0 Å². The van der Waals surface area contributed by atoms with Crippen LogP contribution in [0.3, 0.4) is 0 Å². The largest absolute Gasteiger partial charge is 0.394 e. The smallest absolute Gasteiger partial charge is 0.0984 e. The molecule has 0 radical (unpaired) electrons. The zero-order chi connectivity index (χ0) is 13.8. The number of aromatic nitrogens is 1. The monoisotopic (exact) mass is 265 g/mol. The first-order valence-electron chi connectivity index (χ1n) is 6.86. The van der Waals surface area contributed by atoms with Gasteiger partial charge in [0.05, 0.1) is 36.4 Å². The van der Waals surface area contributed by atoms with Crippen LogP contribution < -0.4 is 10.6 Å². The Morgan fingerprint density at radius 2 is 2.32 bits per heavy atom. The number of aliphatic hydroxyl groups is 1. The number of hydrogen-bond donors (Lipinski definition) is 2.